The fourth-order valence-electron chi connectivity index (χ4n) is 1.19. The molecule has 1 aromatic carbocycles. The highest BCUT2D eigenvalue weighted by molar-refractivity contribution is 6.68. The molecule has 1 aromatic rings. The Hall–Kier alpha value is -0.500. The first kappa shape index (κ1) is 13.6. The van der Waals surface area contributed by atoms with Gasteiger partial charge in [-0.1, -0.05) is 77.3 Å². The Balaban J connectivity index is 2.41. The molecule has 0 radical (unpaired) electrons. The summed E-state index contributed by atoms with van der Waals surface area (Å²) in [4.78, 5) is 11.3. The molecule has 0 saturated carbocycles. The van der Waals surface area contributed by atoms with E-state index in [9.17, 15) is 4.79 Å². The first-order valence-corrected chi connectivity index (χ1v) is 5.91. The highest BCUT2D eigenvalue weighted by Gasteiger charge is 2.22. The van der Waals surface area contributed by atoms with Gasteiger partial charge in [-0.25, -0.2) is 0 Å². The fraction of sp³-hybridized carbons (Fsp3) is 0.250. The van der Waals surface area contributed by atoms with Crippen molar-refractivity contribution in [1.82, 2.24) is 0 Å². The Labute approximate surface area is 110 Å². The first-order chi connectivity index (χ1) is 7.47. The van der Waals surface area contributed by atoms with E-state index in [1.807, 2.05) is 36.4 Å². The number of alkyl halides is 3. The summed E-state index contributed by atoms with van der Waals surface area (Å²) in [5.41, 5.74) is 1.05. The number of hydrogen-bond acceptors (Lipinski definition) is 1. The molecule has 0 bridgehead atoms. The van der Waals surface area contributed by atoms with Crippen molar-refractivity contribution < 1.29 is 4.79 Å². The van der Waals surface area contributed by atoms with Crippen molar-refractivity contribution in [2.45, 2.75) is 16.6 Å². The van der Waals surface area contributed by atoms with Crippen molar-refractivity contribution in [3.63, 3.8) is 0 Å². The number of benzene rings is 1. The largest absolute Gasteiger partial charge is 0.299 e. The molecule has 1 nitrogen and oxygen atoms in total. The van der Waals surface area contributed by atoms with Crippen LogP contribution in [0.15, 0.2) is 36.4 Å². The average Bonchev–Trinajstić information content (AvgIpc) is 2.16. The van der Waals surface area contributed by atoms with Crippen LogP contribution in [-0.4, -0.2) is 9.58 Å². The minimum Gasteiger partial charge on any atom is -0.299 e. The predicted octanol–water partition coefficient (Wildman–Crippen LogP) is 4.42. The Morgan fingerprint density at radius 3 is 2.38 bits per heavy atom. The lowest BCUT2D eigenvalue weighted by Gasteiger charge is -2.07. The van der Waals surface area contributed by atoms with Crippen LogP contribution in [0.3, 0.4) is 0 Å². The molecule has 4 heteroatoms. The molecule has 0 aliphatic heterocycles. The Morgan fingerprint density at radius 1 is 1.19 bits per heavy atom. The quantitative estimate of drug-likeness (QED) is 0.745. The van der Waals surface area contributed by atoms with Crippen LogP contribution in [0, 0.1) is 0 Å². The summed E-state index contributed by atoms with van der Waals surface area (Å²) in [6, 6.07) is 9.71. The number of Topliss-reactive ketones (excluding diaryl/α,β-unsaturated/α-hetero) is 1. The van der Waals surface area contributed by atoms with Gasteiger partial charge in [-0.15, -0.1) is 0 Å². The molecule has 0 heterocycles. The van der Waals surface area contributed by atoms with Crippen LogP contribution in [0.4, 0.5) is 0 Å². The maximum absolute atomic E-state index is 11.3. The number of carbonyl (C=O) groups is 1. The van der Waals surface area contributed by atoms with Crippen LogP contribution in [0.25, 0.3) is 6.08 Å². The summed E-state index contributed by atoms with van der Waals surface area (Å²) in [5.74, 6) is -0.0906. The molecular formula is C12H11Cl3O. The normalized spacial score (nSPS) is 11.9. The predicted molar refractivity (Wildman–Crippen MR) is 70.0 cm³/mol. The summed E-state index contributed by atoms with van der Waals surface area (Å²) >= 11 is 16.5. The third kappa shape index (κ3) is 6.16. The van der Waals surface area contributed by atoms with Gasteiger partial charge in [0.05, 0.1) is 6.42 Å². The molecule has 0 saturated heterocycles. The van der Waals surface area contributed by atoms with Crippen molar-refractivity contribution >= 4 is 46.7 Å². The first-order valence-electron chi connectivity index (χ1n) is 4.77. The lowest BCUT2D eigenvalue weighted by atomic mass is 10.1. The molecule has 0 fully saturated rings. The smallest absolute Gasteiger partial charge is 0.197 e. The molecular weight excluding hydrogens is 266 g/mol. The van der Waals surface area contributed by atoms with Gasteiger partial charge in [-0.05, 0) is 5.56 Å². The zero-order chi connectivity index (χ0) is 12.0. The molecule has 0 N–H and O–H groups in total. The SMILES string of the molecule is O=C(CC=Cc1ccccc1)CC(Cl)(Cl)Cl. The molecule has 0 aromatic heterocycles. The fourth-order valence-corrected chi connectivity index (χ4v) is 1.63. The van der Waals surface area contributed by atoms with E-state index >= 15 is 0 Å². The highest BCUT2D eigenvalue weighted by atomic mass is 35.6. The molecule has 0 aliphatic rings. The number of hydrogen-bond donors (Lipinski definition) is 0. The number of halogens is 3. The van der Waals surface area contributed by atoms with E-state index in [4.69, 9.17) is 34.8 Å². The molecule has 0 unspecified atom stereocenters. The molecule has 0 atom stereocenters. The van der Waals surface area contributed by atoms with Crippen molar-refractivity contribution in [2.75, 3.05) is 0 Å². The van der Waals surface area contributed by atoms with E-state index in [1.165, 1.54) is 0 Å². The lowest BCUT2D eigenvalue weighted by molar-refractivity contribution is -0.118. The zero-order valence-electron chi connectivity index (χ0n) is 8.50. The third-order valence-corrected chi connectivity index (χ3v) is 2.25. The van der Waals surface area contributed by atoms with Crippen molar-refractivity contribution in [1.29, 1.82) is 0 Å². The second kappa shape index (κ2) is 6.29. The number of rotatable bonds is 4. The van der Waals surface area contributed by atoms with Gasteiger partial charge in [-0.2, -0.15) is 0 Å². The van der Waals surface area contributed by atoms with Crippen LogP contribution in [0.1, 0.15) is 18.4 Å². The lowest BCUT2D eigenvalue weighted by Crippen LogP contribution is -2.10. The van der Waals surface area contributed by atoms with Gasteiger partial charge < -0.3 is 0 Å². The monoisotopic (exact) mass is 276 g/mol. The Morgan fingerprint density at radius 2 is 1.81 bits per heavy atom. The summed E-state index contributed by atoms with van der Waals surface area (Å²) in [7, 11) is 0. The summed E-state index contributed by atoms with van der Waals surface area (Å²) in [5, 5.41) is 0. The standard InChI is InChI=1S/C12H11Cl3O/c13-12(14,15)9-11(16)8-4-7-10-5-2-1-3-6-10/h1-7H,8-9H2. The summed E-state index contributed by atoms with van der Waals surface area (Å²) < 4.78 is -1.49. The van der Waals surface area contributed by atoms with Crippen LogP contribution in [0.5, 0.6) is 0 Å². The Kier molecular flexibility index (Phi) is 5.33. The molecule has 86 valence electrons. The summed E-state index contributed by atoms with van der Waals surface area (Å²) in [6.45, 7) is 0. The maximum atomic E-state index is 11.3. The third-order valence-electron chi connectivity index (χ3n) is 1.85. The topological polar surface area (TPSA) is 17.1 Å². The van der Waals surface area contributed by atoms with E-state index in [0.29, 0.717) is 0 Å². The van der Waals surface area contributed by atoms with Crippen LogP contribution in [-0.2, 0) is 4.79 Å². The van der Waals surface area contributed by atoms with E-state index in [-0.39, 0.29) is 18.6 Å². The van der Waals surface area contributed by atoms with E-state index in [1.54, 1.807) is 6.08 Å². The van der Waals surface area contributed by atoms with Crippen molar-refractivity contribution in [3.8, 4) is 0 Å². The van der Waals surface area contributed by atoms with Crippen LogP contribution < -0.4 is 0 Å². The second-order valence-corrected chi connectivity index (χ2v) is 5.86. The van der Waals surface area contributed by atoms with Gasteiger partial charge in [0.15, 0.2) is 3.79 Å². The maximum Gasteiger partial charge on any atom is 0.197 e. The summed E-state index contributed by atoms with van der Waals surface area (Å²) in [6.07, 6.45) is 3.87. The van der Waals surface area contributed by atoms with Gasteiger partial charge in [0.25, 0.3) is 0 Å². The number of carbonyl (C=O) groups excluding carboxylic acids is 1. The minimum absolute atomic E-state index is 0.0587. The van der Waals surface area contributed by atoms with Gasteiger partial charge in [0.2, 0.25) is 0 Å². The van der Waals surface area contributed by atoms with Gasteiger partial charge in [0.1, 0.15) is 5.78 Å². The van der Waals surface area contributed by atoms with Gasteiger partial charge in [-0.3, -0.25) is 4.79 Å². The van der Waals surface area contributed by atoms with Crippen LogP contribution in [0.2, 0.25) is 0 Å². The van der Waals surface area contributed by atoms with Crippen molar-refractivity contribution in [2.24, 2.45) is 0 Å². The Bertz CT molecular complexity index is 366. The molecule has 0 aliphatic carbocycles. The zero-order valence-corrected chi connectivity index (χ0v) is 10.8. The van der Waals surface area contributed by atoms with Crippen molar-refractivity contribution in [3.05, 3.63) is 42.0 Å². The van der Waals surface area contributed by atoms with E-state index < -0.39 is 3.79 Å². The molecule has 0 spiro atoms. The molecule has 16 heavy (non-hydrogen) atoms. The van der Waals surface area contributed by atoms with Crippen LogP contribution >= 0.6 is 34.8 Å². The average molecular weight is 278 g/mol. The minimum atomic E-state index is -1.49. The molecule has 0 amide bonds. The van der Waals surface area contributed by atoms with E-state index in [0.717, 1.165) is 5.56 Å². The van der Waals surface area contributed by atoms with E-state index in [2.05, 4.69) is 0 Å². The molecule has 1 rings (SSSR count). The number of ketones is 1. The number of allylic oxidation sites excluding steroid dienone is 1. The van der Waals surface area contributed by atoms with Gasteiger partial charge >= 0.3 is 0 Å². The van der Waals surface area contributed by atoms with Gasteiger partial charge in [0, 0.05) is 6.42 Å². The second-order valence-electron chi connectivity index (χ2n) is 3.35. The highest BCUT2D eigenvalue weighted by Crippen LogP contribution is 2.30.